The van der Waals surface area contributed by atoms with Crippen LogP contribution in [-0.2, 0) is 76.2 Å². The number of nitrogens with one attached hydrogen (secondary N) is 4. The molecule has 0 unspecified atom stereocenters. The highest BCUT2D eigenvalue weighted by Crippen LogP contribution is 2.33. The van der Waals surface area contributed by atoms with Crippen molar-refractivity contribution in [3.05, 3.63) is 0 Å². The molecule has 4 amide bonds. The van der Waals surface area contributed by atoms with Crippen LogP contribution in [0.15, 0.2) is 0 Å². The van der Waals surface area contributed by atoms with Crippen LogP contribution in [0.3, 0.4) is 0 Å². The van der Waals surface area contributed by atoms with Crippen LogP contribution in [0, 0.1) is 0 Å². The van der Waals surface area contributed by atoms with Crippen LogP contribution in [-0.4, -0.2) is 277 Å². The van der Waals surface area contributed by atoms with Gasteiger partial charge in [0.1, 0.15) is 110 Å². The third kappa shape index (κ3) is 14.9. The van der Waals surface area contributed by atoms with E-state index in [0.29, 0.717) is 0 Å². The van der Waals surface area contributed by atoms with E-state index in [1.807, 2.05) is 0 Å². The Morgan fingerprint density at radius 2 is 1.11 bits per heavy atom. The smallest absolute Gasteiger partial charge is 0.336 e. The third-order valence-electron chi connectivity index (χ3n) is 11.7. The zero-order valence-corrected chi connectivity index (χ0v) is 39.2. The number of esters is 1. The van der Waals surface area contributed by atoms with E-state index in [0.717, 1.165) is 34.6 Å². The number of aldehydes is 1. The molecule has 0 spiro atoms. The predicted molar refractivity (Wildman–Crippen MR) is 224 cm³/mol. The lowest BCUT2D eigenvalue weighted by Crippen LogP contribution is -2.72. The highest BCUT2D eigenvalue weighted by Gasteiger charge is 2.56. The van der Waals surface area contributed by atoms with Gasteiger partial charge in [0.15, 0.2) is 37.4 Å². The maximum atomic E-state index is 12.6. The Kier molecular flexibility index (Phi) is 22.4. The van der Waals surface area contributed by atoms with Crippen LogP contribution in [0.5, 0.6) is 0 Å². The first-order valence-electron chi connectivity index (χ1n) is 22.2. The summed E-state index contributed by atoms with van der Waals surface area (Å²) in [5.74, 6) is -6.07. The first kappa shape index (κ1) is 60.3. The summed E-state index contributed by atoms with van der Waals surface area (Å²) in [5.41, 5.74) is 0. The second-order valence-corrected chi connectivity index (χ2v) is 17.2. The summed E-state index contributed by atoms with van der Waals surface area (Å²) in [6.45, 7) is 1.08. The van der Waals surface area contributed by atoms with E-state index in [-0.39, 0.29) is 6.29 Å². The lowest BCUT2D eigenvalue weighted by molar-refractivity contribution is -0.359. The lowest BCUT2D eigenvalue weighted by Gasteiger charge is -2.49. The molecule has 16 N–H and O–H groups in total. The van der Waals surface area contributed by atoms with E-state index in [1.165, 1.54) is 0 Å². The maximum Gasteiger partial charge on any atom is 0.336 e. The van der Waals surface area contributed by atoms with Crippen molar-refractivity contribution in [2.75, 3.05) is 26.4 Å². The van der Waals surface area contributed by atoms with Crippen LogP contribution >= 0.6 is 0 Å². The van der Waals surface area contributed by atoms with Gasteiger partial charge in [-0.15, -0.1) is 0 Å². The van der Waals surface area contributed by atoms with E-state index in [2.05, 4.69) is 21.3 Å². The van der Waals surface area contributed by atoms with Crippen LogP contribution in [0.2, 0.25) is 0 Å². The Morgan fingerprint density at radius 3 is 1.65 bits per heavy atom. The normalized spacial score (nSPS) is 38.7. The molecule has 4 aliphatic heterocycles. The van der Waals surface area contributed by atoms with E-state index < -0.39 is 209 Å². The van der Waals surface area contributed by atoms with Gasteiger partial charge in [-0.2, -0.15) is 0 Å². The van der Waals surface area contributed by atoms with Crippen molar-refractivity contribution in [3.8, 4) is 0 Å². The number of carbonyl (C=O) groups is 7. The summed E-state index contributed by atoms with van der Waals surface area (Å²) in [6.07, 6.45) is -39.9. The van der Waals surface area contributed by atoms with Crippen LogP contribution in [0.1, 0.15) is 34.6 Å². The van der Waals surface area contributed by atoms with Crippen LogP contribution < -0.4 is 21.3 Å². The maximum absolute atomic E-state index is 12.6. The van der Waals surface area contributed by atoms with Crippen molar-refractivity contribution in [1.82, 2.24) is 21.3 Å². The fraction of sp³-hybridized carbons (Fsp3) is 0.825. The van der Waals surface area contributed by atoms with Crippen molar-refractivity contribution in [1.29, 1.82) is 0 Å². The highest BCUT2D eigenvalue weighted by atomic mass is 16.8. The predicted octanol–water partition coefficient (Wildman–Crippen LogP) is -10.8. The van der Waals surface area contributed by atoms with Gasteiger partial charge in [0, 0.05) is 34.6 Å². The number of rotatable bonds is 22. The Hall–Kier alpha value is -4.27. The van der Waals surface area contributed by atoms with Gasteiger partial charge in [-0.3, -0.25) is 24.0 Å². The van der Waals surface area contributed by atoms with Gasteiger partial charge in [0.25, 0.3) is 0 Å². The third-order valence-corrected chi connectivity index (χ3v) is 11.7. The number of carboxylic acids is 1. The van der Waals surface area contributed by atoms with E-state index in [9.17, 15) is 94.8 Å². The molecule has 32 nitrogen and oxygen atoms in total. The van der Waals surface area contributed by atoms with Crippen molar-refractivity contribution in [2.45, 2.75) is 182 Å². The number of hydrogen-bond donors (Lipinski definition) is 16. The molecule has 4 rings (SSSR count). The highest BCUT2D eigenvalue weighted by molar-refractivity contribution is 5.78. The zero-order valence-electron chi connectivity index (χ0n) is 39.2. The largest absolute Gasteiger partial charge is 0.479 e. The molecule has 32 heteroatoms. The quantitative estimate of drug-likeness (QED) is 0.0354. The van der Waals surface area contributed by atoms with Gasteiger partial charge in [0.2, 0.25) is 23.6 Å². The summed E-state index contributed by atoms with van der Waals surface area (Å²) in [7, 11) is 0. The molecule has 4 heterocycles. The van der Waals surface area contributed by atoms with E-state index in [1.54, 1.807) is 0 Å². The Labute approximate surface area is 408 Å². The fourth-order valence-electron chi connectivity index (χ4n) is 8.26. The second-order valence-electron chi connectivity index (χ2n) is 17.2. The SMILES string of the molecule is CC(=O)N[C@@H]1[C@@H](NC(C)=O)[C@H](O[C@@H]2[C@H](O)[C@@H](O)[C@@H](OC[C@H]3O[C@@H](O[C@@H]([C@@H](O)[C@H](O)CO)[C@H](C=O)NC(C)=O)[C@H](O)[C@@H](O)[C@@H]3O)O[C@@H]2CO[C@@H]2O[C@H](CO)[C@@H](O)[C@H](O)[C@H]2NC(C)=O)O[C@H](C(=O)O)[C@H]1OC(C)=O. The monoisotopic (exact) mass is 1050 g/mol. The summed E-state index contributed by atoms with van der Waals surface area (Å²) in [5, 5.41) is 137. The Balaban J connectivity index is 1.71. The van der Waals surface area contributed by atoms with Gasteiger partial charge >= 0.3 is 11.9 Å². The number of hydrogen-bond acceptors (Lipinski definition) is 27. The number of carboxylic acid groups (broad SMARTS) is 1. The average Bonchev–Trinajstić information content (AvgIpc) is 3.30. The van der Waals surface area contributed by atoms with Gasteiger partial charge < -0.3 is 130 Å². The number of carbonyl (C=O) groups excluding carboxylic acids is 6. The van der Waals surface area contributed by atoms with Crippen molar-refractivity contribution in [2.24, 2.45) is 0 Å². The van der Waals surface area contributed by atoms with Gasteiger partial charge in [0.05, 0.1) is 32.5 Å². The molecule has 0 aromatic rings. The molecular formula is C40H64N4O28. The second kappa shape index (κ2) is 26.8. The van der Waals surface area contributed by atoms with Crippen molar-refractivity contribution < 1.29 is 137 Å². The summed E-state index contributed by atoms with van der Waals surface area (Å²) < 4.78 is 51.3. The van der Waals surface area contributed by atoms with E-state index in [4.69, 9.17) is 42.6 Å². The minimum absolute atomic E-state index is 0.0769. The number of aliphatic hydroxyl groups excluding tert-OH is 11. The van der Waals surface area contributed by atoms with Crippen molar-refractivity contribution in [3.63, 3.8) is 0 Å². The number of aliphatic hydroxyl groups is 11. The molecule has 0 aromatic heterocycles. The Bertz CT molecular complexity index is 1850. The molecule has 24 atom stereocenters. The van der Waals surface area contributed by atoms with Crippen molar-refractivity contribution >= 4 is 41.9 Å². The molecular weight excluding hydrogens is 984 g/mol. The summed E-state index contributed by atoms with van der Waals surface area (Å²) in [4.78, 5) is 85.8. The van der Waals surface area contributed by atoms with Gasteiger partial charge in [-0.05, 0) is 0 Å². The topological polar surface area (TPSA) is 493 Å². The lowest BCUT2D eigenvalue weighted by atomic mass is 9.92. The summed E-state index contributed by atoms with van der Waals surface area (Å²) >= 11 is 0. The number of amides is 4. The standard InChI is InChI=1S/C40H64N4O28/c1-11(48)41-16(6-45)32(24(54)17(53)7-46)70-40-30(60)28(58)26(56)19(68-40)9-65-39-31(61)29(59)33(20(69-39)10-64-37-23(44-14(4)51)27(57)25(55)18(8-47)67-37)71-38-22(43-13(3)50)21(42-12(2)49)34(66-15(5)52)35(72-38)36(62)63/h6,16-35,37-40,46-47,53-61H,7-10H2,1-5H3,(H,41,48)(H,42,49)(H,43,50)(H,44,51)(H,62,63)/t16-,17+,18+,19+,20+,21+,22+,23+,24-,25+,26+,27+,28-,29+,30+,31+,32+,33-,34-,35-,37+,38+,39-,40-/m0/s1. The molecule has 0 bridgehead atoms. The summed E-state index contributed by atoms with van der Waals surface area (Å²) in [6, 6.07) is -6.66. The number of aliphatic carboxylic acids is 1. The molecule has 4 aliphatic rings. The van der Waals surface area contributed by atoms with E-state index >= 15 is 0 Å². The van der Waals surface area contributed by atoms with Crippen LogP contribution in [0.25, 0.3) is 0 Å². The molecule has 4 fully saturated rings. The van der Waals surface area contributed by atoms with Crippen LogP contribution in [0.4, 0.5) is 0 Å². The minimum Gasteiger partial charge on any atom is -0.479 e. The van der Waals surface area contributed by atoms with Gasteiger partial charge in [-0.25, -0.2) is 4.79 Å². The average molecular weight is 1050 g/mol. The molecule has 0 radical (unpaired) electrons. The first-order chi connectivity index (χ1) is 33.8. The fourth-order valence-corrected chi connectivity index (χ4v) is 8.26. The molecule has 412 valence electrons. The zero-order chi connectivity index (χ0) is 54.0. The molecule has 0 aromatic carbocycles. The minimum atomic E-state index is -2.27. The molecule has 0 saturated carbocycles. The molecule has 4 saturated heterocycles. The molecule has 72 heavy (non-hydrogen) atoms. The molecule has 0 aliphatic carbocycles. The number of ether oxygens (including phenoxy) is 9. The van der Waals surface area contributed by atoms with Gasteiger partial charge in [-0.1, -0.05) is 0 Å². The first-order valence-corrected chi connectivity index (χ1v) is 22.2. The Morgan fingerprint density at radius 1 is 0.583 bits per heavy atom.